The van der Waals surface area contributed by atoms with Crippen LogP contribution >= 0.6 is 0 Å². The van der Waals surface area contributed by atoms with Gasteiger partial charge in [0.05, 0.1) is 18.1 Å². The normalized spacial score (nSPS) is 39.5. The first-order valence-corrected chi connectivity index (χ1v) is 13.0. The molecule has 1 amide bonds. The average molecular weight is 482 g/mol. The molecule has 1 saturated carbocycles. The van der Waals surface area contributed by atoms with Gasteiger partial charge in [0, 0.05) is 18.4 Å². The molecule has 4 rings (SSSR count). The van der Waals surface area contributed by atoms with Crippen molar-refractivity contribution in [2.75, 3.05) is 0 Å². The Kier molecular flexibility index (Phi) is 7.82. The van der Waals surface area contributed by atoms with Gasteiger partial charge in [-0.1, -0.05) is 75.8 Å². The first-order valence-electron chi connectivity index (χ1n) is 13.0. The number of allylic oxidation sites excluding steroid dienone is 1. The quantitative estimate of drug-likeness (QED) is 0.442. The van der Waals surface area contributed by atoms with Gasteiger partial charge < -0.3 is 20.3 Å². The lowest BCUT2D eigenvalue weighted by molar-refractivity contribution is -0.187. The fraction of sp³-hybridized carbons (Fsp3) is 0.586. The Labute approximate surface area is 208 Å². The summed E-state index contributed by atoms with van der Waals surface area (Å²) in [6.07, 6.45) is 6.53. The average Bonchev–Trinajstić information content (AvgIpc) is 3.09. The number of benzene rings is 1. The number of aliphatic hydroxyl groups is 2. The predicted octanol–water partition coefficient (Wildman–Crippen LogP) is 3.72. The number of nitrogens with one attached hydrogen (secondary N) is 1. The highest BCUT2D eigenvalue weighted by Crippen LogP contribution is 2.52. The Morgan fingerprint density at radius 1 is 1.11 bits per heavy atom. The molecular weight excluding hydrogens is 442 g/mol. The fourth-order valence-electron chi connectivity index (χ4n) is 6.30. The van der Waals surface area contributed by atoms with E-state index >= 15 is 0 Å². The molecule has 1 saturated heterocycles. The molecule has 190 valence electrons. The molecule has 6 heteroatoms. The summed E-state index contributed by atoms with van der Waals surface area (Å²) in [4.78, 5) is 26.9. The molecule has 1 aromatic rings. The number of ether oxygens (including phenoxy) is 1. The maximum atomic E-state index is 13.8. The van der Waals surface area contributed by atoms with Crippen LogP contribution in [0.3, 0.4) is 0 Å². The minimum Gasteiger partial charge on any atom is -0.448 e. The molecule has 6 nitrogen and oxygen atoms in total. The van der Waals surface area contributed by atoms with Gasteiger partial charge in [-0.3, -0.25) is 9.59 Å². The Bertz CT molecular complexity index is 959. The van der Waals surface area contributed by atoms with Crippen LogP contribution in [0, 0.1) is 23.7 Å². The third-order valence-electron chi connectivity index (χ3n) is 8.32. The Balaban J connectivity index is 1.75. The summed E-state index contributed by atoms with van der Waals surface area (Å²) < 4.78 is 6.14. The lowest BCUT2D eigenvalue weighted by Gasteiger charge is -2.49. The van der Waals surface area contributed by atoms with E-state index < -0.39 is 29.7 Å². The number of aliphatic hydroxyl groups excluding tert-OH is 2. The first kappa shape index (κ1) is 25.6. The Morgan fingerprint density at radius 2 is 1.86 bits per heavy atom. The smallest absolute Gasteiger partial charge is 0.306 e. The minimum atomic E-state index is -1.52. The van der Waals surface area contributed by atoms with Gasteiger partial charge in [-0.25, -0.2) is 0 Å². The van der Waals surface area contributed by atoms with Crippen LogP contribution in [-0.2, 0) is 20.7 Å². The van der Waals surface area contributed by atoms with E-state index in [0.29, 0.717) is 30.8 Å². The van der Waals surface area contributed by atoms with Crippen molar-refractivity contribution in [3.05, 3.63) is 60.2 Å². The zero-order chi connectivity index (χ0) is 25.2. The maximum Gasteiger partial charge on any atom is 0.306 e. The van der Waals surface area contributed by atoms with Crippen LogP contribution in [0.1, 0.15) is 57.9 Å². The van der Waals surface area contributed by atoms with Crippen molar-refractivity contribution < 1.29 is 24.5 Å². The van der Waals surface area contributed by atoms with Crippen molar-refractivity contribution in [1.82, 2.24) is 5.32 Å². The van der Waals surface area contributed by atoms with E-state index in [1.54, 1.807) is 0 Å². The Morgan fingerprint density at radius 3 is 2.60 bits per heavy atom. The summed E-state index contributed by atoms with van der Waals surface area (Å²) in [6, 6.07) is 9.66. The van der Waals surface area contributed by atoms with Crippen LogP contribution in [0.4, 0.5) is 0 Å². The van der Waals surface area contributed by atoms with Crippen LogP contribution in [0.5, 0.6) is 0 Å². The van der Waals surface area contributed by atoms with Gasteiger partial charge in [0.25, 0.3) is 5.91 Å². The molecule has 0 bridgehead atoms. The van der Waals surface area contributed by atoms with E-state index in [9.17, 15) is 19.8 Å². The molecule has 3 N–H and O–H groups in total. The lowest BCUT2D eigenvalue weighted by atomic mass is 9.59. The van der Waals surface area contributed by atoms with Crippen LogP contribution in [-0.4, -0.2) is 45.9 Å². The minimum absolute atomic E-state index is 0.0314. The fourth-order valence-corrected chi connectivity index (χ4v) is 6.30. The van der Waals surface area contributed by atoms with E-state index in [4.69, 9.17) is 4.74 Å². The second-order valence-electron chi connectivity index (χ2n) is 10.8. The van der Waals surface area contributed by atoms with Crippen LogP contribution in [0.15, 0.2) is 54.6 Å². The molecule has 2 fully saturated rings. The number of amides is 1. The van der Waals surface area contributed by atoms with E-state index in [2.05, 4.69) is 18.8 Å². The second kappa shape index (κ2) is 10.7. The molecule has 0 aromatic heterocycles. The molecule has 0 unspecified atom stereocenters. The SMILES string of the molecule is C=C1[C@@H](C)[C@H]2[C@H](Cc3ccccc3)NC(=O)[C@]23OC(=O)CC[C@H](O)CCC[C@@H](C)C/C=C\[C@H]3[C@@H]1O. The van der Waals surface area contributed by atoms with E-state index in [-0.39, 0.29) is 30.2 Å². The largest absolute Gasteiger partial charge is 0.448 e. The molecule has 1 aliphatic carbocycles. The highest BCUT2D eigenvalue weighted by molar-refractivity contribution is 5.92. The summed E-state index contributed by atoms with van der Waals surface area (Å²) in [5.74, 6) is -1.80. The number of rotatable bonds is 2. The van der Waals surface area contributed by atoms with Gasteiger partial charge in [0.2, 0.25) is 5.60 Å². The molecule has 3 aliphatic rings. The maximum absolute atomic E-state index is 13.8. The summed E-state index contributed by atoms with van der Waals surface area (Å²) in [7, 11) is 0. The number of hydrogen-bond donors (Lipinski definition) is 3. The molecule has 1 spiro atoms. The van der Waals surface area contributed by atoms with Crippen molar-refractivity contribution in [3.8, 4) is 0 Å². The first-order chi connectivity index (χ1) is 16.7. The molecule has 8 atom stereocenters. The lowest BCUT2D eigenvalue weighted by Crippen LogP contribution is -2.61. The number of carbonyl (C=O) groups is 2. The third-order valence-corrected chi connectivity index (χ3v) is 8.32. The van der Waals surface area contributed by atoms with Crippen molar-refractivity contribution >= 4 is 11.9 Å². The molecule has 35 heavy (non-hydrogen) atoms. The van der Waals surface area contributed by atoms with Crippen molar-refractivity contribution in [1.29, 1.82) is 0 Å². The van der Waals surface area contributed by atoms with Gasteiger partial charge >= 0.3 is 5.97 Å². The second-order valence-corrected chi connectivity index (χ2v) is 10.8. The summed E-state index contributed by atoms with van der Waals surface area (Å²) in [5.41, 5.74) is 0.219. The highest BCUT2D eigenvalue weighted by atomic mass is 16.6. The molecule has 0 radical (unpaired) electrons. The molecule has 1 aromatic carbocycles. The van der Waals surface area contributed by atoms with Gasteiger partial charge in [-0.05, 0) is 48.7 Å². The van der Waals surface area contributed by atoms with Gasteiger partial charge in [-0.15, -0.1) is 0 Å². The standard InChI is InChI=1S/C29H39NO5/c1-18-9-7-13-22(31)15-16-25(32)35-29-23(14-8-10-18)27(33)20(3)19(2)26(29)24(30-28(29)34)17-21-11-5-4-6-12-21/h4-6,8,11-12,14,18-19,22-24,26-27,31,33H,3,7,9-10,13,15-17H2,1-2H3,(H,30,34)/b14-8-/t18-,19-,22-,23+,24+,26+,27-,29-/m1/s1. The van der Waals surface area contributed by atoms with E-state index in [1.807, 2.05) is 49.4 Å². The van der Waals surface area contributed by atoms with E-state index in [0.717, 1.165) is 24.8 Å². The predicted molar refractivity (Wildman–Crippen MR) is 134 cm³/mol. The monoisotopic (exact) mass is 481 g/mol. The highest BCUT2D eigenvalue weighted by Gasteiger charge is 2.67. The number of esters is 1. The van der Waals surface area contributed by atoms with Crippen LogP contribution in [0.2, 0.25) is 0 Å². The van der Waals surface area contributed by atoms with Crippen molar-refractivity contribution in [2.24, 2.45) is 23.7 Å². The number of carbonyl (C=O) groups excluding carboxylic acids is 2. The molecular formula is C29H39NO5. The van der Waals surface area contributed by atoms with Gasteiger partial charge in [0.1, 0.15) is 0 Å². The van der Waals surface area contributed by atoms with Crippen molar-refractivity contribution in [3.63, 3.8) is 0 Å². The van der Waals surface area contributed by atoms with E-state index in [1.165, 1.54) is 0 Å². The van der Waals surface area contributed by atoms with Crippen LogP contribution in [0.25, 0.3) is 0 Å². The van der Waals surface area contributed by atoms with Gasteiger partial charge in [-0.2, -0.15) is 0 Å². The number of hydrogen-bond acceptors (Lipinski definition) is 5. The summed E-state index contributed by atoms with van der Waals surface area (Å²) in [5, 5.41) is 24.8. The van der Waals surface area contributed by atoms with Crippen LogP contribution < -0.4 is 5.32 Å². The third kappa shape index (κ3) is 5.10. The summed E-state index contributed by atoms with van der Waals surface area (Å²) >= 11 is 0. The zero-order valence-corrected chi connectivity index (χ0v) is 20.9. The Hall–Kier alpha value is -2.44. The topological polar surface area (TPSA) is 95.9 Å². The molecule has 2 aliphatic heterocycles. The van der Waals surface area contributed by atoms with Crippen molar-refractivity contribution in [2.45, 2.75) is 82.6 Å². The zero-order valence-electron chi connectivity index (χ0n) is 20.9. The molecule has 2 heterocycles. The summed E-state index contributed by atoms with van der Waals surface area (Å²) in [6.45, 7) is 8.32. The van der Waals surface area contributed by atoms with Gasteiger partial charge in [0.15, 0.2) is 0 Å².